The quantitative estimate of drug-likeness (QED) is 0.650. The Hall–Kier alpha value is -0.100. The van der Waals surface area contributed by atoms with Gasteiger partial charge in [-0.1, -0.05) is 23.2 Å². The van der Waals surface area contributed by atoms with Crippen LogP contribution in [0.15, 0.2) is 10.1 Å². The minimum Gasteiger partial charge on any atom is -0.244 e. The van der Waals surface area contributed by atoms with Gasteiger partial charge in [-0.25, -0.2) is 4.39 Å². The predicted molar refractivity (Wildman–Crippen MR) is 35.7 cm³/mol. The zero-order valence-corrected chi connectivity index (χ0v) is 7.24. The summed E-state index contributed by atoms with van der Waals surface area (Å²) in [6.45, 7) is -2.34. The molecule has 0 unspecified atom stereocenters. The van der Waals surface area contributed by atoms with E-state index >= 15 is 0 Å². The van der Waals surface area contributed by atoms with E-state index in [-0.39, 0.29) is 0 Å². The molecular formula is C5H2Cl2F6. The van der Waals surface area contributed by atoms with Gasteiger partial charge in [-0.2, -0.15) is 22.0 Å². The molecule has 78 valence electrons. The third-order valence-electron chi connectivity index (χ3n) is 0.931. The Balaban J connectivity index is 5.04. The second kappa shape index (κ2) is 3.96. The Labute approximate surface area is 79.1 Å². The highest BCUT2D eigenvalue weighted by Gasteiger charge is 2.44. The highest BCUT2D eigenvalue weighted by Crippen LogP contribution is 2.39. The molecule has 0 aromatic carbocycles. The van der Waals surface area contributed by atoms with Crippen LogP contribution in [0.1, 0.15) is 0 Å². The van der Waals surface area contributed by atoms with Gasteiger partial charge in [0, 0.05) is 0 Å². The van der Waals surface area contributed by atoms with Crippen molar-refractivity contribution in [1.82, 2.24) is 0 Å². The maximum atomic E-state index is 12.2. The van der Waals surface area contributed by atoms with E-state index in [9.17, 15) is 26.3 Å². The van der Waals surface area contributed by atoms with Gasteiger partial charge in [0.15, 0.2) is 6.67 Å². The fraction of sp³-hybridized carbons (Fsp3) is 0.600. The normalized spacial score (nSPS) is 15.7. The molecule has 0 radical (unpaired) electrons. The first-order valence-corrected chi connectivity index (χ1v) is 3.45. The molecule has 0 heterocycles. The molecule has 0 fully saturated rings. The maximum Gasteiger partial charge on any atom is 0.428 e. The third-order valence-corrected chi connectivity index (χ3v) is 1.90. The lowest BCUT2D eigenvalue weighted by Crippen LogP contribution is -2.23. The molecule has 0 aromatic rings. The molecule has 0 saturated carbocycles. The van der Waals surface area contributed by atoms with Gasteiger partial charge in [0.2, 0.25) is 0 Å². The fourth-order valence-electron chi connectivity index (χ4n) is 0.344. The molecule has 0 atom stereocenters. The van der Waals surface area contributed by atoms with E-state index in [1.807, 2.05) is 0 Å². The van der Waals surface area contributed by atoms with Crippen LogP contribution in [-0.2, 0) is 0 Å². The van der Waals surface area contributed by atoms with Crippen LogP contribution in [0, 0.1) is 0 Å². The first-order valence-electron chi connectivity index (χ1n) is 2.69. The summed E-state index contributed by atoms with van der Waals surface area (Å²) in [6, 6.07) is 0. The molecule has 0 aromatic heterocycles. The van der Waals surface area contributed by atoms with E-state index in [1.165, 1.54) is 0 Å². The van der Waals surface area contributed by atoms with Gasteiger partial charge in [0.1, 0.15) is 10.1 Å². The monoisotopic (exact) mass is 246 g/mol. The van der Waals surface area contributed by atoms with Crippen LogP contribution in [0.2, 0.25) is 0 Å². The molecule has 0 amide bonds. The number of alkyl halides is 6. The van der Waals surface area contributed by atoms with Crippen LogP contribution in [-0.4, -0.2) is 18.8 Å². The van der Waals surface area contributed by atoms with Crippen molar-refractivity contribution in [3.63, 3.8) is 0 Å². The first kappa shape index (κ1) is 12.9. The number of rotatable bonds is 2. The van der Waals surface area contributed by atoms with Crippen LogP contribution in [0.25, 0.3) is 0 Å². The van der Waals surface area contributed by atoms with Crippen LogP contribution >= 0.6 is 23.2 Å². The highest BCUT2D eigenvalue weighted by molar-refractivity contribution is 6.40. The molecule has 0 aliphatic heterocycles. The van der Waals surface area contributed by atoms with Crippen molar-refractivity contribution in [3.05, 3.63) is 10.1 Å². The average molecular weight is 247 g/mol. The minimum atomic E-state index is -5.20. The van der Waals surface area contributed by atoms with E-state index in [0.29, 0.717) is 0 Å². The van der Waals surface area contributed by atoms with Gasteiger partial charge in [-0.15, -0.1) is 0 Å². The largest absolute Gasteiger partial charge is 0.428 e. The average Bonchev–Trinajstić information content (AvgIpc) is 2.00. The summed E-state index contributed by atoms with van der Waals surface area (Å²) in [6.07, 6.45) is -5.20. The van der Waals surface area contributed by atoms with E-state index in [0.717, 1.165) is 0 Å². The standard InChI is InChI=1S/C5H2Cl2F6/c6-2(4(9,10)1-8)3(7)5(11,12)13/h1H2/b3-2+. The van der Waals surface area contributed by atoms with Gasteiger partial charge in [-0.05, 0) is 0 Å². The number of allylic oxidation sites excluding steroid dienone is 2. The molecule has 0 rings (SSSR count). The Morgan fingerprint density at radius 1 is 0.923 bits per heavy atom. The molecule has 0 N–H and O–H groups in total. The van der Waals surface area contributed by atoms with Crippen molar-refractivity contribution in [2.24, 2.45) is 0 Å². The van der Waals surface area contributed by atoms with Gasteiger partial charge < -0.3 is 0 Å². The smallest absolute Gasteiger partial charge is 0.244 e. The lowest BCUT2D eigenvalue weighted by atomic mass is 10.3. The number of hydrogen-bond acceptors (Lipinski definition) is 0. The van der Waals surface area contributed by atoms with Gasteiger partial charge in [-0.3, -0.25) is 0 Å². The lowest BCUT2D eigenvalue weighted by Gasteiger charge is -2.14. The Bertz CT molecular complexity index is 218. The second-order valence-corrected chi connectivity index (χ2v) is 2.72. The minimum absolute atomic E-state index is 2.04. The molecule has 0 saturated heterocycles. The third kappa shape index (κ3) is 3.27. The van der Waals surface area contributed by atoms with Crippen molar-refractivity contribution in [3.8, 4) is 0 Å². The summed E-state index contributed by atoms with van der Waals surface area (Å²) >= 11 is 8.99. The summed E-state index contributed by atoms with van der Waals surface area (Å²) in [5.41, 5.74) is 0. The summed E-state index contributed by atoms with van der Waals surface area (Å²) in [5, 5.41) is -4.25. The maximum absolute atomic E-state index is 12.2. The van der Waals surface area contributed by atoms with E-state index in [4.69, 9.17) is 0 Å². The zero-order valence-electron chi connectivity index (χ0n) is 5.73. The molecule has 0 aliphatic carbocycles. The Morgan fingerprint density at radius 3 is 1.54 bits per heavy atom. The molecule has 0 spiro atoms. The van der Waals surface area contributed by atoms with Gasteiger partial charge >= 0.3 is 12.1 Å². The molecule has 0 nitrogen and oxygen atoms in total. The van der Waals surface area contributed by atoms with Crippen molar-refractivity contribution < 1.29 is 26.3 Å². The van der Waals surface area contributed by atoms with Gasteiger partial charge in [0.05, 0.1) is 0 Å². The van der Waals surface area contributed by atoms with Crippen molar-refractivity contribution in [2.45, 2.75) is 12.1 Å². The molecule has 0 aliphatic rings. The predicted octanol–water partition coefficient (Wildman–Crippen LogP) is 3.84. The molecule has 13 heavy (non-hydrogen) atoms. The SMILES string of the molecule is FCC(F)(F)/C(Cl)=C(\Cl)C(F)(F)F. The van der Waals surface area contributed by atoms with Crippen molar-refractivity contribution in [1.29, 1.82) is 0 Å². The summed E-state index contributed by atoms with van der Waals surface area (Å²) in [7, 11) is 0. The highest BCUT2D eigenvalue weighted by atomic mass is 35.5. The summed E-state index contributed by atoms with van der Waals surface area (Å²) in [5.74, 6) is -4.39. The van der Waals surface area contributed by atoms with Crippen LogP contribution in [0.3, 0.4) is 0 Å². The first-order chi connectivity index (χ1) is 5.63. The molecular weight excluding hydrogens is 245 g/mol. The fourth-order valence-corrected chi connectivity index (χ4v) is 0.640. The zero-order chi connectivity index (χ0) is 10.9. The van der Waals surface area contributed by atoms with E-state index in [2.05, 4.69) is 23.2 Å². The van der Waals surface area contributed by atoms with Gasteiger partial charge in [0.25, 0.3) is 0 Å². The number of halogens is 8. The second-order valence-electron chi connectivity index (χ2n) is 1.96. The van der Waals surface area contributed by atoms with Crippen LogP contribution in [0.5, 0.6) is 0 Å². The lowest BCUT2D eigenvalue weighted by molar-refractivity contribution is -0.0880. The van der Waals surface area contributed by atoms with Crippen LogP contribution in [0.4, 0.5) is 26.3 Å². The Morgan fingerprint density at radius 2 is 1.31 bits per heavy atom. The van der Waals surface area contributed by atoms with E-state index < -0.39 is 28.8 Å². The summed E-state index contributed by atoms with van der Waals surface area (Å²) in [4.78, 5) is 0. The van der Waals surface area contributed by atoms with Crippen molar-refractivity contribution in [2.75, 3.05) is 6.67 Å². The van der Waals surface area contributed by atoms with Crippen molar-refractivity contribution >= 4 is 23.2 Å². The Kier molecular flexibility index (Phi) is 3.93. The van der Waals surface area contributed by atoms with E-state index in [1.54, 1.807) is 0 Å². The number of hydrogen-bond donors (Lipinski definition) is 0. The summed E-state index contributed by atoms with van der Waals surface area (Å²) < 4.78 is 70.7. The molecule has 8 heteroatoms. The topological polar surface area (TPSA) is 0 Å². The molecule has 0 bridgehead atoms. The van der Waals surface area contributed by atoms with Crippen LogP contribution < -0.4 is 0 Å².